The van der Waals surface area contributed by atoms with Gasteiger partial charge in [0.1, 0.15) is 0 Å². The molecular formula is C13H16BrNO2. The van der Waals surface area contributed by atoms with Gasteiger partial charge in [-0.25, -0.2) is 0 Å². The quantitative estimate of drug-likeness (QED) is 0.902. The number of halogens is 1. The van der Waals surface area contributed by atoms with Gasteiger partial charge in [0, 0.05) is 17.1 Å². The van der Waals surface area contributed by atoms with Gasteiger partial charge in [-0.05, 0) is 36.1 Å². The Bertz CT molecular complexity index is 433. The topological polar surface area (TPSA) is 49.3 Å². The lowest BCUT2D eigenvalue weighted by atomic mass is 9.95. The van der Waals surface area contributed by atoms with E-state index in [9.17, 15) is 4.79 Å². The predicted molar refractivity (Wildman–Crippen MR) is 70.0 cm³/mol. The van der Waals surface area contributed by atoms with Crippen molar-refractivity contribution in [2.75, 3.05) is 6.54 Å². The van der Waals surface area contributed by atoms with Crippen molar-refractivity contribution in [1.29, 1.82) is 0 Å². The smallest absolute Gasteiger partial charge is 0.307 e. The first kappa shape index (κ1) is 12.6. The Labute approximate surface area is 109 Å². The Morgan fingerprint density at radius 3 is 2.94 bits per heavy atom. The van der Waals surface area contributed by atoms with Crippen LogP contribution in [0.4, 0.5) is 0 Å². The molecule has 0 amide bonds. The Hall–Kier alpha value is -0.870. The van der Waals surface area contributed by atoms with Crippen molar-refractivity contribution < 1.29 is 9.90 Å². The van der Waals surface area contributed by atoms with Crippen LogP contribution in [0, 0.1) is 5.92 Å². The van der Waals surface area contributed by atoms with E-state index >= 15 is 0 Å². The Morgan fingerprint density at radius 2 is 2.35 bits per heavy atom. The van der Waals surface area contributed by atoms with Crippen molar-refractivity contribution in [1.82, 2.24) is 5.32 Å². The van der Waals surface area contributed by atoms with Crippen LogP contribution in [0.3, 0.4) is 0 Å². The normalized spacial score (nSPS) is 23.9. The van der Waals surface area contributed by atoms with Crippen LogP contribution in [0.5, 0.6) is 0 Å². The van der Waals surface area contributed by atoms with E-state index in [0.717, 1.165) is 10.9 Å². The van der Waals surface area contributed by atoms with Gasteiger partial charge in [0.2, 0.25) is 0 Å². The third kappa shape index (κ3) is 2.69. The minimum absolute atomic E-state index is 0.170. The average Bonchev–Trinajstić information content (AvgIpc) is 2.78. The number of aryl methyl sites for hydroxylation is 1. The van der Waals surface area contributed by atoms with Crippen LogP contribution in [0.25, 0.3) is 0 Å². The van der Waals surface area contributed by atoms with Crippen LogP contribution in [0.1, 0.15) is 30.5 Å². The first-order valence-corrected chi connectivity index (χ1v) is 6.65. The molecule has 0 spiro atoms. The van der Waals surface area contributed by atoms with Gasteiger partial charge in [-0.1, -0.05) is 28.9 Å². The van der Waals surface area contributed by atoms with Gasteiger partial charge >= 0.3 is 5.97 Å². The molecule has 2 N–H and O–H groups in total. The summed E-state index contributed by atoms with van der Waals surface area (Å²) in [6.07, 6.45) is 1.65. The number of benzene rings is 1. The molecule has 3 nitrogen and oxygen atoms in total. The highest BCUT2D eigenvalue weighted by Gasteiger charge is 2.30. The lowest BCUT2D eigenvalue weighted by Crippen LogP contribution is -2.17. The number of rotatable bonds is 3. The second-order valence-electron chi connectivity index (χ2n) is 4.43. The molecule has 0 saturated carbocycles. The molecule has 2 unspecified atom stereocenters. The number of carboxylic acid groups (broad SMARTS) is 1. The summed E-state index contributed by atoms with van der Waals surface area (Å²) in [5.74, 6) is -0.961. The molecule has 1 saturated heterocycles. The molecule has 1 aromatic carbocycles. The predicted octanol–water partition coefficient (Wildman–Crippen LogP) is 2.75. The highest BCUT2D eigenvalue weighted by molar-refractivity contribution is 9.10. The van der Waals surface area contributed by atoms with E-state index in [4.69, 9.17) is 5.11 Å². The van der Waals surface area contributed by atoms with Crippen molar-refractivity contribution in [3.63, 3.8) is 0 Å². The van der Waals surface area contributed by atoms with Crippen LogP contribution in [0.15, 0.2) is 22.7 Å². The molecular weight excluding hydrogens is 282 g/mol. The molecule has 0 aromatic heterocycles. The van der Waals surface area contributed by atoms with Gasteiger partial charge in [0.15, 0.2) is 0 Å². The molecule has 0 radical (unpaired) electrons. The number of carbonyl (C=O) groups is 1. The zero-order valence-electron chi connectivity index (χ0n) is 9.74. The van der Waals surface area contributed by atoms with Crippen molar-refractivity contribution in [3.8, 4) is 0 Å². The van der Waals surface area contributed by atoms with Gasteiger partial charge in [0.25, 0.3) is 0 Å². The van der Waals surface area contributed by atoms with E-state index in [0.29, 0.717) is 13.0 Å². The van der Waals surface area contributed by atoms with Crippen LogP contribution in [-0.2, 0) is 11.2 Å². The summed E-state index contributed by atoms with van der Waals surface area (Å²) in [4.78, 5) is 11.0. The zero-order chi connectivity index (χ0) is 12.4. The lowest BCUT2D eigenvalue weighted by Gasteiger charge is -2.15. The highest BCUT2D eigenvalue weighted by atomic mass is 79.9. The van der Waals surface area contributed by atoms with Gasteiger partial charge in [0.05, 0.1) is 5.92 Å². The molecule has 2 rings (SSSR count). The Balaban J connectivity index is 2.23. The summed E-state index contributed by atoms with van der Waals surface area (Å²) in [5, 5.41) is 12.3. The van der Waals surface area contributed by atoms with E-state index in [1.54, 1.807) is 0 Å². The number of aliphatic carboxylic acids is 1. The van der Waals surface area contributed by atoms with Crippen molar-refractivity contribution in [3.05, 3.63) is 33.8 Å². The summed E-state index contributed by atoms with van der Waals surface area (Å²) < 4.78 is 1.05. The molecule has 1 aliphatic heterocycles. The molecule has 4 heteroatoms. The van der Waals surface area contributed by atoms with Crippen molar-refractivity contribution in [2.24, 2.45) is 5.92 Å². The van der Waals surface area contributed by atoms with E-state index in [1.807, 2.05) is 6.07 Å². The first-order valence-electron chi connectivity index (χ1n) is 5.86. The van der Waals surface area contributed by atoms with Crippen LogP contribution in [-0.4, -0.2) is 17.6 Å². The molecule has 1 fully saturated rings. The van der Waals surface area contributed by atoms with E-state index < -0.39 is 5.97 Å². The fourth-order valence-electron chi connectivity index (χ4n) is 2.37. The minimum atomic E-state index is -0.701. The Kier molecular flexibility index (Phi) is 3.84. The fourth-order valence-corrected chi connectivity index (χ4v) is 2.75. The largest absolute Gasteiger partial charge is 0.481 e. The summed E-state index contributed by atoms with van der Waals surface area (Å²) in [7, 11) is 0. The SMILES string of the molecule is CCc1ccc(Br)cc1C1CC(C(=O)O)CN1. The van der Waals surface area contributed by atoms with Crippen LogP contribution < -0.4 is 5.32 Å². The summed E-state index contributed by atoms with van der Waals surface area (Å²) in [6.45, 7) is 2.69. The first-order chi connectivity index (χ1) is 8.11. The third-order valence-corrected chi connectivity index (χ3v) is 3.84. The monoisotopic (exact) mass is 297 g/mol. The molecule has 92 valence electrons. The van der Waals surface area contributed by atoms with Crippen molar-refractivity contribution in [2.45, 2.75) is 25.8 Å². The van der Waals surface area contributed by atoms with Crippen molar-refractivity contribution >= 4 is 21.9 Å². The number of hydrogen-bond acceptors (Lipinski definition) is 2. The summed E-state index contributed by atoms with van der Waals surface area (Å²) in [6, 6.07) is 6.41. The molecule has 1 aliphatic rings. The molecule has 2 atom stereocenters. The molecule has 0 bridgehead atoms. The zero-order valence-corrected chi connectivity index (χ0v) is 11.3. The lowest BCUT2D eigenvalue weighted by molar-refractivity contribution is -0.141. The number of hydrogen-bond donors (Lipinski definition) is 2. The number of nitrogens with one attached hydrogen (secondary N) is 1. The van der Waals surface area contributed by atoms with Crippen LogP contribution >= 0.6 is 15.9 Å². The van der Waals surface area contributed by atoms with E-state index in [1.165, 1.54) is 11.1 Å². The van der Waals surface area contributed by atoms with Gasteiger partial charge in [-0.3, -0.25) is 4.79 Å². The maximum atomic E-state index is 11.0. The maximum Gasteiger partial charge on any atom is 0.307 e. The molecule has 1 heterocycles. The second-order valence-corrected chi connectivity index (χ2v) is 5.34. The third-order valence-electron chi connectivity index (χ3n) is 3.34. The highest BCUT2D eigenvalue weighted by Crippen LogP contribution is 2.31. The number of carboxylic acids is 1. The summed E-state index contributed by atoms with van der Waals surface area (Å²) in [5.41, 5.74) is 2.52. The minimum Gasteiger partial charge on any atom is -0.481 e. The van der Waals surface area contributed by atoms with E-state index in [2.05, 4.69) is 40.3 Å². The van der Waals surface area contributed by atoms with Gasteiger partial charge in [-0.15, -0.1) is 0 Å². The average molecular weight is 298 g/mol. The summed E-state index contributed by atoms with van der Waals surface area (Å²) >= 11 is 3.47. The standard InChI is InChI=1S/C13H16BrNO2/c1-2-8-3-4-10(14)6-11(8)12-5-9(7-15-12)13(16)17/h3-4,6,9,12,15H,2,5,7H2,1H3,(H,16,17). The van der Waals surface area contributed by atoms with E-state index in [-0.39, 0.29) is 12.0 Å². The second kappa shape index (κ2) is 5.19. The molecule has 1 aromatic rings. The van der Waals surface area contributed by atoms with Gasteiger partial charge < -0.3 is 10.4 Å². The van der Waals surface area contributed by atoms with Gasteiger partial charge in [-0.2, -0.15) is 0 Å². The molecule has 17 heavy (non-hydrogen) atoms. The maximum absolute atomic E-state index is 11.0. The van der Waals surface area contributed by atoms with Crippen LogP contribution in [0.2, 0.25) is 0 Å². The fraction of sp³-hybridized carbons (Fsp3) is 0.462. The Morgan fingerprint density at radius 1 is 1.59 bits per heavy atom. The molecule has 0 aliphatic carbocycles.